The summed E-state index contributed by atoms with van der Waals surface area (Å²) in [5.74, 6) is -0.0975. The van der Waals surface area contributed by atoms with Gasteiger partial charge >= 0.3 is 5.97 Å². The van der Waals surface area contributed by atoms with Gasteiger partial charge in [0.25, 0.3) is 10.0 Å². The number of nitrogens with zero attached hydrogens (tertiary/aromatic N) is 1. The normalized spacial score (nSPS) is 16.0. The van der Waals surface area contributed by atoms with Gasteiger partial charge in [-0.2, -0.15) is 0 Å². The first-order valence-electron chi connectivity index (χ1n) is 9.72. The van der Waals surface area contributed by atoms with Crippen LogP contribution >= 0.6 is 11.6 Å². The molecule has 2 aromatic rings. The molecule has 0 aromatic heterocycles. The Hall–Kier alpha value is -2.55. The topological polar surface area (TPSA) is 82.1 Å². The summed E-state index contributed by atoms with van der Waals surface area (Å²) in [6.45, 7) is 4.43. The van der Waals surface area contributed by atoms with Crippen LogP contribution in [0.5, 0.6) is 5.75 Å². The number of anilines is 1. The van der Waals surface area contributed by atoms with Gasteiger partial charge in [-0.3, -0.25) is 4.31 Å². The number of halogens is 1. The van der Waals surface area contributed by atoms with Gasteiger partial charge in [-0.25, -0.2) is 13.2 Å². The molecule has 0 amide bonds. The van der Waals surface area contributed by atoms with E-state index >= 15 is 0 Å². The van der Waals surface area contributed by atoms with E-state index in [0.717, 1.165) is 12.8 Å². The second-order valence-electron chi connectivity index (χ2n) is 6.90. The number of methoxy groups -OCH3 is 1. The van der Waals surface area contributed by atoms with E-state index in [9.17, 15) is 13.2 Å². The fourth-order valence-corrected chi connectivity index (χ4v) is 4.84. The van der Waals surface area contributed by atoms with Crippen LogP contribution in [0.2, 0.25) is 5.02 Å². The largest absolute Gasteiger partial charge is 0.497 e. The van der Waals surface area contributed by atoms with Crippen LogP contribution in [0.1, 0.15) is 23.2 Å². The summed E-state index contributed by atoms with van der Waals surface area (Å²) in [5, 5.41) is 0.107. The molecule has 0 N–H and O–H groups in total. The molecular formula is C22H24ClNO6S. The van der Waals surface area contributed by atoms with E-state index in [0.29, 0.717) is 18.0 Å². The minimum atomic E-state index is -4.01. The molecule has 0 bridgehead atoms. The Labute approximate surface area is 187 Å². The van der Waals surface area contributed by atoms with E-state index in [4.69, 9.17) is 25.8 Å². The number of carbonyl (C=O) groups is 1. The first kappa shape index (κ1) is 23.1. The Morgan fingerprint density at radius 3 is 2.65 bits per heavy atom. The monoisotopic (exact) mass is 465 g/mol. The average Bonchev–Trinajstić information content (AvgIpc) is 3.29. The van der Waals surface area contributed by atoms with Crippen molar-refractivity contribution in [2.75, 3.05) is 31.2 Å². The molecule has 0 saturated carbocycles. The van der Waals surface area contributed by atoms with Gasteiger partial charge in [0.05, 0.1) is 40.9 Å². The quantitative estimate of drug-likeness (QED) is 0.410. The van der Waals surface area contributed by atoms with Crippen LogP contribution in [0.3, 0.4) is 0 Å². The van der Waals surface area contributed by atoms with Crippen molar-refractivity contribution in [1.82, 2.24) is 0 Å². The smallest absolute Gasteiger partial charge is 0.339 e. The number of hydrogen-bond acceptors (Lipinski definition) is 6. The fourth-order valence-electron chi connectivity index (χ4n) is 3.18. The van der Waals surface area contributed by atoms with Gasteiger partial charge in [0.15, 0.2) is 0 Å². The summed E-state index contributed by atoms with van der Waals surface area (Å²) in [4.78, 5) is 12.5. The number of benzene rings is 2. The Bertz CT molecular complexity index is 1030. The molecule has 0 radical (unpaired) electrons. The third kappa shape index (κ3) is 5.39. The van der Waals surface area contributed by atoms with Gasteiger partial charge in [-0.1, -0.05) is 17.7 Å². The van der Waals surface area contributed by atoms with Gasteiger partial charge in [0.1, 0.15) is 12.4 Å². The molecule has 0 unspecified atom stereocenters. The Morgan fingerprint density at radius 2 is 2.03 bits per heavy atom. The molecule has 2 aromatic carbocycles. The predicted octanol–water partition coefficient (Wildman–Crippen LogP) is 4.07. The average molecular weight is 466 g/mol. The molecular weight excluding hydrogens is 442 g/mol. The number of carbonyl (C=O) groups excluding carboxylic acids is 1. The van der Waals surface area contributed by atoms with Crippen molar-refractivity contribution in [3.8, 4) is 5.75 Å². The molecule has 1 atom stereocenters. The zero-order chi connectivity index (χ0) is 22.4. The van der Waals surface area contributed by atoms with E-state index in [1.807, 2.05) is 0 Å². The number of ether oxygens (including phenoxy) is 3. The lowest BCUT2D eigenvalue weighted by atomic mass is 10.2. The second kappa shape index (κ2) is 10.2. The third-order valence-corrected chi connectivity index (χ3v) is 6.94. The molecule has 31 heavy (non-hydrogen) atoms. The van der Waals surface area contributed by atoms with Crippen molar-refractivity contribution >= 4 is 33.3 Å². The van der Waals surface area contributed by atoms with Crippen LogP contribution < -0.4 is 9.04 Å². The minimum absolute atomic E-state index is 0.0194. The number of sulfonamides is 1. The second-order valence-corrected chi connectivity index (χ2v) is 9.17. The highest BCUT2D eigenvalue weighted by atomic mass is 35.5. The van der Waals surface area contributed by atoms with Crippen LogP contribution in [0.4, 0.5) is 5.69 Å². The SMILES string of the molecule is C=CCN(c1ccc(OC)cc1)S(=O)(=O)c1ccc(Cl)c(C(=O)OC[C@H]2CCCO2)c1. The van der Waals surface area contributed by atoms with Crippen LogP contribution in [-0.4, -0.2) is 47.4 Å². The van der Waals surface area contributed by atoms with E-state index in [1.165, 1.54) is 35.7 Å². The van der Waals surface area contributed by atoms with Crippen molar-refractivity contribution < 1.29 is 27.4 Å². The van der Waals surface area contributed by atoms with E-state index < -0.39 is 16.0 Å². The van der Waals surface area contributed by atoms with E-state index in [2.05, 4.69) is 6.58 Å². The van der Waals surface area contributed by atoms with E-state index in [1.54, 1.807) is 24.3 Å². The summed E-state index contributed by atoms with van der Waals surface area (Å²) in [5.41, 5.74) is 0.409. The number of rotatable bonds is 9. The van der Waals surface area contributed by atoms with Gasteiger partial charge in [-0.05, 0) is 55.3 Å². The third-order valence-electron chi connectivity index (χ3n) is 4.83. The molecule has 1 aliphatic rings. The Kier molecular flexibility index (Phi) is 7.59. The first-order chi connectivity index (χ1) is 14.9. The van der Waals surface area contributed by atoms with Gasteiger partial charge in [0, 0.05) is 6.61 Å². The Balaban J connectivity index is 1.88. The molecule has 1 aliphatic heterocycles. The maximum atomic E-state index is 13.4. The number of hydrogen-bond donors (Lipinski definition) is 0. The molecule has 0 aliphatic carbocycles. The summed E-state index contributed by atoms with van der Waals surface area (Å²) in [7, 11) is -2.48. The van der Waals surface area contributed by atoms with Crippen LogP contribution in [0.15, 0.2) is 60.0 Å². The van der Waals surface area contributed by atoms with Gasteiger partial charge < -0.3 is 14.2 Å². The van der Waals surface area contributed by atoms with Crippen LogP contribution in [0.25, 0.3) is 0 Å². The standard InChI is InChI=1S/C22H24ClNO6S/c1-3-12-24(16-6-8-17(28-2)9-7-16)31(26,27)19-10-11-21(23)20(14-19)22(25)30-15-18-5-4-13-29-18/h3,6-11,14,18H,1,4-5,12-13,15H2,2H3/t18-/m1/s1. The molecule has 3 rings (SSSR count). The van der Waals surface area contributed by atoms with Gasteiger partial charge in [-0.15, -0.1) is 6.58 Å². The van der Waals surface area contributed by atoms with E-state index in [-0.39, 0.29) is 34.7 Å². The summed E-state index contributed by atoms with van der Waals surface area (Å²) >= 11 is 6.16. The highest BCUT2D eigenvalue weighted by Crippen LogP contribution is 2.28. The zero-order valence-corrected chi connectivity index (χ0v) is 18.7. The molecule has 0 spiro atoms. The summed E-state index contributed by atoms with van der Waals surface area (Å²) < 4.78 is 43.8. The van der Waals surface area contributed by atoms with Crippen molar-refractivity contribution in [3.05, 3.63) is 65.7 Å². The summed E-state index contributed by atoms with van der Waals surface area (Å²) in [6, 6.07) is 10.5. The zero-order valence-electron chi connectivity index (χ0n) is 17.1. The molecule has 1 saturated heterocycles. The van der Waals surface area contributed by atoms with Crippen LogP contribution in [-0.2, 0) is 19.5 Å². The molecule has 7 nitrogen and oxygen atoms in total. The fraction of sp³-hybridized carbons (Fsp3) is 0.318. The first-order valence-corrected chi connectivity index (χ1v) is 11.5. The van der Waals surface area contributed by atoms with Crippen molar-refractivity contribution in [2.45, 2.75) is 23.8 Å². The highest BCUT2D eigenvalue weighted by molar-refractivity contribution is 7.92. The van der Waals surface area contributed by atoms with Crippen LogP contribution in [0, 0.1) is 0 Å². The minimum Gasteiger partial charge on any atom is -0.497 e. The number of esters is 1. The maximum absolute atomic E-state index is 13.4. The summed E-state index contributed by atoms with van der Waals surface area (Å²) in [6.07, 6.45) is 3.07. The van der Waals surface area contributed by atoms with Crippen molar-refractivity contribution in [2.24, 2.45) is 0 Å². The lowest BCUT2D eigenvalue weighted by Crippen LogP contribution is -2.31. The Morgan fingerprint density at radius 1 is 1.29 bits per heavy atom. The maximum Gasteiger partial charge on any atom is 0.339 e. The van der Waals surface area contributed by atoms with Crippen molar-refractivity contribution in [1.29, 1.82) is 0 Å². The molecule has 9 heteroatoms. The lowest BCUT2D eigenvalue weighted by molar-refractivity contribution is 0.0161. The molecule has 1 heterocycles. The molecule has 1 fully saturated rings. The lowest BCUT2D eigenvalue weighted by Gasteiger charge is -2.23. The highest BCUT2D eigenvalue weighted by Gasteiger charge is 2.27. The predicted molar refractivity (Wildman–Crippen MR) is 118 cm³/mol. The molecule has 166 valence electrons. The van der Waals surface area contributed by atoms with Crippen molar-refractivity contribution in [3.63, 3.8) is 0 Å². The van der Waals surface area contributed by atoms with Gasteiger partial charge in [0.2, 0.25) is 0 Å².